The molecule has 0 heterocycles. The molecule has 0 aliphatic rings. The van der Waals surface area contributed by atoms with Crippen molar-refractivity contribution in [2.24, 2.45) is 0 Å². The SMILES string of the molecule is COc1cc(/C=C/C(=O)c2cccc(NC(=O)c3ccc(Cl)cc3Cl)c2)ccc1O. The summed E-state index contributed by atoms with van der Waals surface area (Å²) in [5.74, 6) is -0.323. The van der Waals surface area contributed by atoms with Gasteiger partial charge in [0, 0.05) is 16.3 Å². The number of methoxy groups -OCH3 is 1. The van der Waals surface area contributed by atoms with Crippen molar-refractivity contribution in [3.05, 3.63) is 93.5 Å². The fraction of sp³-hybridized carbons (Fsp3) is 0.0435. The van der Waals surface area contributed by atoms with Crippen molar-refractivity contribution in [2.75, 3.05) is 12.4 Å². The molecule has 3 aromatic rings. The van der Waals surface area contributed by atoms with Crippen LogP contribution >= 0.6 is 23.2 Å². The lowest BCUT2D eigenvalue weighted by molar-refractivity contribution is 0.102. The highest BCUT2D eigenvalue weighted by Gasteiger charge is 2.12. The monoisotopic (exact) mass is 441 g/mol. The maximum atomic E-state index is 12.5. The van der Waals surface area contributed by atoms with Crippen molar-refractivity contribution in [2.45, 2.75) is 0 Å². The molecule has 0 spiro atoms. The molecule has 0 bridgehead atoms. The van der Waals surface area contributed by atoms with Gasteiger partial charge in [0.25, 0.3) is 5.91 Å². The van der Waals surface area contributed by atoms with Gasteiger partial charge >= 0.3 is 0 Å². The zero-order chi connectivity index (χ0) is 21.7. The van der Waals surface area contributed by atoms with E-state index in [4.69, 9.17) is 27.9 Å². The van der Waals surface area contributed by atoms with E-state index in [0.29, 0.717) is 27.6 Å². The van der Waals surface area contributed by atoms with Gasteiger partial charge in [-0.15, -0.1) is 0 Å². The molecule has 2 N–H and O–H groups in total. The molecule has 0 unspecified atom stereocenters. The standard InChI is InChI=1S/C23H17Cl2NO4/c1-30-22-11-14(6-10-21(22)28)5-9-20(27)15-3-2-4-17(12-15)26-23(29)18-8-7-16(24)13-19(18)25/h2-13,28H,1H3,(H,26,29)/b9-5+. The number of rotatable bonds is 6. The molecular weight excluding hydrogens is 425 g/mol. The summed E-state index contributed by atoms with van der Waals surface area (Å²) in [6.45, 7) is 0. The van der Waals surface area contributed by atoms with Crippen LogP contribution in [0.25, 0.3) is 6.08 Å². The first-order valence-corrected chi connectivity index (χ1v) is 9.59. The summed E-state index contributed by atoms with van der Waals surface area (Å²) in [6, 6.07) is 15.9. The second-order valence-corrected chi connectivity index (χ2v) is 7.13. The number of anilines is 1. The molecule has 0 saturated carbocycles. The van der Waals surface area contributed by atoms with E-state index in [2.05, 4.69) is 5.32 Å². The van der Waals surface area contributed by atoms with Crippen LogP contribution in [0, 0.1) is 0 Å². The summed E-state index contributed by atoms with van der Waals surface area (Å²) in [5, 5.41) is 13.0. The van der Waals surface area contributed by atoms with E-state index in [1.54, 1.807) is 48.5 Å². The number of halogens is 2. The van der Waals surface area contributed by atoms with Gasteiger partial charge in [0.05, 0.1) is 17.7 Å². The number of hydrogen-bond donors (Lipinski definition) is 2. The Morgan fingerprint density at radius 3 is 2.57 bits per heavy atom. The number of ether oxygens (including phenoxy) is 1. The number of carbonyl (C=O) groups is 2. The number of ketones is 1. The highest BCUT2D eigenvalue weighted by molar-refractivity contribution is 6.37. The number of phenols is 1. The summed E-state index contributed by atoms with van der Waals surface area (Å²) in [4.78, 5) is 25.0. The summed E-state index contributed by atoms with van der Waals surface area (Å²) < 4.78 is 5.06. The normalized spacial score (nSPS) is 10.8. The third-order valence-electron chi connectivity index (χ3n) is 4.21. The second kappa shape index (κ2) is 9.48. The topological polar surface area (TPSA) is 75.6 Å². The fourth-order valence-corrected chi connectivity index (χ4v) is 3.18. The Morgan fingerprint density at radius 2 is 1.83 bits per heavy atom. The molecular formula is C23H17Cl2NO4. The third-order valence-corrected chi connectivity index (χ3v) is 4.76. The minimum atomic E-state index is -0.409. The van der Waals surface area contributed by atoms with E-state index >= 15 is 0 Å². The van der Waals surface area contributed by atoms with E-state index in [0.717, 1.165) is 0 Å². The molecule has 1 amide bonds. The maximum Gasteiger partial charge on any atom is 0.257 e. The van der Waals surface area contributed by atoms with Gasteiger partial charge in [-0.05, 0) is 54.1 Å². The van der Waals surface area contributed by atoms with Crippen LogP contribution in [0.5, 0.6) is 11.5 Å². The molecule has 152 valence electrons. The van der Waals surface area contributed by atoms with Gasteiger partial charge in [-0.1, -0.05) is 47.5 Å². The average molecular weight is 442 g/mol. The molecule has 0 aliphatic carbocycles. The van der Waals surface area contributed by atoms with Crippen LogP contribution in [-0.2, 0) is 0 Å². The molecule has 0 atom stereocenters. The average Bonchev–Trinajstić information content (AvgIpc) is 2.73. The number of allylic oxidation sites excluding steroid dienone is 1. The van der Waals surface area contributed by atoms with Crippen LogP contribution in [0.4, 0.5) is 5.69 Å². The van der Waals surface area contributed by atoms with Gasteiger partial charge in [0.1, 0.15) is 0 Å². The van der Waals surface area contributed by atoms with Gasteiger partial charge in [0.2, 0.25) is 0 Å². The first-order valence-electron chi connectivity index (χ1n) is 8.83. The quantitative estimate of drug-likeness (QED) is 0.371. The number of phenolic OH excluding ortho intramolecular Hbond substituents is 1. The Kier molecular flexibility index (Phi) is 6.77. The smallest absolute Gasteiger partial charge is 0.257 e. The Morgan fingerprint density at radius 1 is 1.03 bits per heavy atom. The first-order chi connectivity index (χ1) is 14.4. The van der Waals surface area contributed by atoms with Crippen LogP contribution in [0.3, 0.4) is 0 Å². The highest BCUT2D eigenvalue weighted by atomic mass is 35.5. The van der Waals surface area contributed by atoms with Crippen LogP contribution < -0.4 is 10.1 Å². The molecule has 7 heteroatoms. The number of nitrogens with one attached hydrogen (secondary N) is 1. The zero-order valence-electron chi connectivity index (χ0n) is 15.9. The summed E-state index contributed by atoms with van der Waals surface area (Å²) in [7, 11) is 1.45. The maximum absolute atomic E-state index is 12.5. The van der Waals surface area contributed by atoms with E-state index in [1.807, 2.05) is 0 Å². The first kappa shape index (κ1) is 21.4. The Hall–Kier alpha value is -3.28. The van der Waals surface area contributed by atoms with Gasteiger partial charge in [-0.2, -0.15) is 0 Å². The molecule has 0 aromatic heterocycles. The lowest BCUT2D eigenvalue weighted by atomic mass is 10.1. The minimum absolute atomic E-state index is 0.0187. The molecule has 5 nitrogen and oxygen atoms in total. The molecule has 30 heavy (non-hydrogen) atoms. The Balaban J connectivity index is 1.74. The van der Waals surface area contributed by atoms with Crippen LogP contribution in [0.2, 0.25) is 10.0 Å². The van der Waals surface area contributed by atoms with Crippen molar-refractivity contribution in [3.63, 3.8) is 0 Å². The molecule has 0 fully saturated rings. The number of carbonyl (C=O) groups excluding carboxylic acids is 2. The zero-order valence-corrected chi connectivity index (χ0v) is 17.4. The van der Waals surface area contributed by atoms with Gasteiger partial charge in [0.15, 0.2) is 17.3 Å². The number of amides is 1. The summed E-state index contributed by atoms with van der Waals surface area (Å²) in [6.07, 6.45) is 3.02. The molecule has 3 aromatic carbocycles. The molecule has 0 radical (unpaired) electrons. The third kappa shape index (κ3) is 5.20. The lowest BCUT2D eigenvalue weighted by Crippen LogP contribution is -2.12. The lowest BCUT2D eigenvalue weighted by Gasteiger charge is -2.08. The molecule has 0 saturated heterocycles. The predicted molar refractivity (Wildman–Crippen MR) is 119 cm³/mol. The Bertz CT molecular complexity index is 1140. The van der Waals surface area contributed by atoms with E-state index in [-0.39, 0.29) is 22.1 Å². The fourth-order valence-electron chi connectivity index (χ4n) is 2.69. The van der Waals surface area contributed by atoms with Crippen LogP contribution in [0.1, 0.15) is 26.3 Å². The van der Waals surface area contributed by atoms with E-state index in [1.165, 1.54) is 31.4 Å². The van der Waals surface area contributed by atoms with Crippen LogP contribution in [-0.4, -0.2) is 23.9 Å². The van der Waals surface area contributed by atoms with Gasteiger partial charge in [-0.25, -0.2) is 0 Å². The van der Waals surface area contributed by atoms with Crippen molar-refractivity contribution in [1.82, 2.24) is 0 Å². The van der Waals surface area contributed by atoms with Crippen molar-refractivity contribution >= 4 is 46.7 Å². The second-order valence-electron chi connectivity index (χ2n) is 6.29. The van der Waals surface area contributed by atoms with Crippen molar-refractivity contribution in [3.8, 4) is 11.5 Å². The van der Waals surface area contributed by atoms with Crippen LogP contribution in [0.15, 0.2) is 66.7 Å². The molecule has 3 rings (SSSR count). The number of aromatic hydroxyl groups is 1. The molecule has 0 aliphatic heterocycles. The minimum Gasteiger partial charge on any atom is -0.504 e. The largest absolute Gasteiger partial charge is 0.504 e. The summed E-state index contributed by atoms with van der Waals surface area (Å²) >= 11 is 11.9. The van der Waals surface area contributed by atoms with Gasteiger partial charge in [-0.3, -0.25) is 9.59 Å². The van der Waals surface area contributed by atoms with Crippen molar-refractivity contribution < 1.29 is 19.4 Å². The van der Waals surface area contributed by atoms with Crippen molar-refractivity contribution in [1.29, 1.82) is 0 Å². The number of hydrogen-bond acceptors (Lipinski definition) is 4. The highest BCUT2D eigenvalue weighted by Crippen LogP contribution is 2.27. The Labute approximate surface area is 183 Å². The predicted octanol–water partition coefficient (Wildman–Crippen LogP) is 5.86. The number of benzene rings is 3. The van der Waals surface area contributed by atoms with E-state index < -0.39 is 5.91 Å². The van der Waals surface area contributed by atoms with E-state index in [9.17, 15) is 14.7 Å². The van der Waals surface area contributed by atoms with Gasteiger partial charge < -0.3 is 15.2 Å². The summed E-state index contributed by atoms with van der Waals surface area (Å²) in [5.41, 5.74) is 1.83.